The van der Waals surface area contributed by atoms with Gasteiger partial charge >= 0.3 is 0 Å². The van der Waals surface area contributed by atoms with Crippen molar-refractivity contribution in [2.45, 2.75) is 25.4 Å². The number of carbonyl (C=O) groups excluding carboxylic acids is 1. The molecule has 1 aliphatic heterocycles. The van der Waals surface area contributed by atoms with Crippen LogP contribution >= 0.6 is 0 Å². The van der Waals surface area contributed by atoms with Gasteiger partial charge in [-0.2, -0.15) is 0 Å². The minimum Gasteiger partial charge on any atom is -0.497 e. The molecule has 0 bridgehead atoms. The van der Waals surface area contributed by atoms with Crippen molar-refractivity contribution in [3.63, 3.8) is 0 Å². The van der Waals surface area contributed by atoms with Crippen LogP contribution in [0.4, 0.5) is 15.8 Å². The quantitative estimate of drug-likeness (QED) is 0.832. The average Bonchev–Trinajstić information content (AvgIpc) is 2.64. The van der Waals surface area contributed by atoms with Crippen LogP contribution in [-0.2, 0) is 16.0 Å². The topological polar surface area (TPSA) is 50.4 Å². The highest BCUT2D eigenvalue weighted by Gasteiger charge is 2.12. The highest BCUT2D eigenvalue weighted by atomic mass is 19.1. The molecule has 2 N–H and O–H groups in total. The van der Waals surface area contributed by atoms with Gasteiger partial charge in [0, 0.05) is 5.69 Å². The van der Waals surface area contributed by atoms with E-state index in [4.69, 9.17) is 4.74 Å². The van der Waals surface area contributed by atoms with Crippen molar-refractivity contribution in [2.24, 2.45) is 0 Å². The molecule has 1 atom stereocenters. The molecule has 1 amide bonds. The molecule has 0 unspecified atom stereocenters. The summed E-state index contributed by atoms with van der Waals surface area (Å²) in [7, 11) is 0. The standard InChI is InChI=1S/C20H21FN2O2/c21-18-10-9-16(22-14-17-8-4-5-11-25-17)13-19(18)23-20(24)12-15-6-2-1-3-7-15/h1-3,5-7,9-11,13,17,22H,4,8,12,14H2,(H,23,24)/t17-/m0/s1. The Balaban J connectivity index is 1.59. The fraction of sp³-hybridized carbons (Fsp3) is 0.250. The minimum atomic E-state index is -0.455. The van der Waals surface area contributed by atoms with E-state index >= 15 is 0 Å². The lowest BCUT2D eigenvalue weighted by molar-refractivity contribution is -0.115. The molecule has 25 heavy (non-hydrogen) atoms. The molecular formula is C20H21FN2O2. The molecular weight excluding hydrogens is 319 g/mol. The third-order valence-electron chi connectivity index (χ3n) is 4.00. The lowest BCUT2D eigenvalue weighted by atomic mass is 10.1. The van der Waals surface area contributed by atoms with Crippen LogP contribution in [0.15, 0.2) is 60.9 Å². The Labute approximate surface area is 146 Å². The van der Waals surface area contributed by atoms with E-state index in [0.717, 1.165) is 24.1 Å². The Morgan fingerprint density at radius 2 is 2.04 bits per heavy atom. The fourth-order valence-electron chi connectivity index (χ4n) is 2.67. The number of ether oxygens (including phenoxy) is 1. The van der Waals surface area contributed by atoms with Crippen LogP contribution in [0.1, 0.15) is 18.4 Å². The first-order valence-corrected chi connectivity index (χ1v) is 8.38. The molecule has 0 aliphatic carbocycles. The van der Waals surface area contributed by atoms with E-state index in [0.29, 0.717) is 6.54 Å². The number of benzene rings is 2. The number of anilines is 2. The Kier molecular flexibility index (Phi) is 5.67. The van der Waals surface area contributed by atoms with E-state index in [1.807, 2.05) is 36.4 Å². The summed E-state index contributed by atoms with van der Waals surface area (Å²) in [5.41, 5.74) is 1.81. The van der Waals surface area contributed by atoms with E-state index in [9.17, 15) is 9.18 Å². The first-order valence-electron chi connectivity index (χ1n) is 8.38. The van der Waals surface area contributed by atoms with Crippen LogP contribution in [0.25, 0.3) is 0 Å². The maximum Gasteiger partial charge on any atom is 0.228 e. The summed E-state index contributed by atoms with van der Waals surface area (Å²) in [4.78, 5) is 12.1. The molecule has 0 saturated heterocycles. The van der Waals surface area contributed by atoms with Gasteiger partial charge in [0.05, 0.1) is 24.9 Å². The van der Waals surface area contributed by atoms with E-state index in [-0.39, 0.29) is 24.1 Å². The summed E-state index contributed by atoms with van der Waals surface area (Å²) in [5.74, 6) is -0.702. The number of rotatable bonds is 6. The molecule has 4 nitrogen and oxygen atoms in total. The average molecular weight is 340 g/mol. The van der Waals surface area contributed by atoms with Crippen LogP contribution in [0, 0.1) is 5.82 Å². The number of nitrogens with one attached hydrogen (secondary N) is 2. The Bertz CT molecular complexity index is 747. The highest BCUT2D eigenvalue weighted by Crippen LogP contribution is 2.21. The van der Waals surface area contributed by atoms with E-state index in [1.54, 1.807) is 18.4 Å². The van der Waals surface area contributed by atoms with Crippen molar-refractivity contribution in [3.05, 3.63) is 72.2 Å². The van der Waals surface area contributed by atoms with Crippen molar-refractivity contribution in [1.29, 1.82) is 0 Å². The predicted octanol–water partition coefficient (Wildman–Crippen LogP) is 4.11. The first kappa shape index (κ1) is 17.0. The second-order valence-corrected chi connectivity index (χ2v) is 5.99. The van der Waals surface area contributed by atoms with Crippen molar-refractivity contribution in [1.82, 2.24) is 0 Å². The van der Waals surface area contributed by atoms with Gasteiger partial charge in [-0.3, -0.25) is 4.79 Å². The number of hydrogen-bond acceptors (Lipinski definition) is 3. The highest BCUT2D eigenvalue weighted by molar-refractivity contribution is 5.92. The lowest BCUT2D eigenvalue weighted by Crippen LogP contribution is -2.23. The second kappa shape index (κ2) is 8.33. The maximum atomic E-state index is 14.0. The van der Waals surface area contributed by atoms with Gasteiger partial charge in [-0.05, 0) is 42.7 Å². The number of hydrogen-bond donors (Lipinski definition) is 2. The first-order chi connectivity index (χ1) is 12.2. The smallest absolute Gasteiger partial charge is 0.228 e. The molecule has 0 saturated carbocycles. The maximum absolute atomic E-state index is 14.0. The normalized spacial score (nSPS) is 16.1. The number of allylic oxidation sites excluding steroid dienone is 1. The summed E-state index contributed by atoms with van der Waals surface area (Å²) >= 11 is 0. The molecule has 130 valence electrons. The monoisotopic (exact) mass is 340 g/mol. The van der Waals surface area contributed by atoms with Gasteiger partial charge < -0.3 is 15.4 Å². The van der Waals surface area contributed by atoms with Crippen LogP contribution in [0.5, 0.6) is 0 Å². The van der Waals surface area contributed by atoms with Gasteiger partial charge in [-0.15, -0.1) is 0 Å². The Hall–Kier alpha value is -2.82. The minimum absolute atomic E-state index is 0.103. The van der Waals surface area contributed by atoms with E-state index in [1.165, 1.54) is 6.07 Å². The lowest BCUT2D eigenvalue weighted by Gasteiger charge is -2.20. The largest absolute Gasteiger partial charge is 0.497 e. The van der Waals surface area contributed by atoms with Crippen LogP contribution in [-0.4, -0.2) is 18.6 Å². The third kappa shape index (κ3) is 5.08. The second-order valence-electron chi connectivity index (χ2n) is 5.99. The fourth-order valence-corrected chi connectivity index (χ4v) is 2.67. The van der Waals surface area contributed by atoms with Crippen LogP contribution < -0.4 is 10.6 Å². The molecule has 0 spiro atoms. The van der Waals surface area contributed by atoms with E-state index in [2.05, 4.69) is 10.6 Å². The van der Waals surface area contributed by atoms with Gasteiger partial charge in [-0.1, -0.05) is 30.3 Å². The predicted molar refractivity (Wildman–Crippen MR) is 96.9 cm³/mol. The van der Waals surface area contributed by atoms with E-state index < -0.39 is 5.82 Å². The molecule has 2 aromatic carbocycles. The summed E-state index contributed by atoms with van der Waals surface area (Å²) in [6.45, 7) is 0.632. The molecule has 0 aromatic heterocycles. The van der Waals surface area contributed by atoms with Crippen molar-refractivity contribution < 1.29 is 13.9 Å². The molecule has 1 heterocycles. The molecule has 5 heteroatoms. The zero-order valence-electron chi connectivity index (χ0n) is 13.9. The molecule has 3 rings (SSSR count). The summed E-state index contributed by atoms with van der Waals surface area (Å²) in [5, 5.41) is 5.87. The van der Waals surface area contributed by atoms with Crippen LogP contribution in [0.2, 0.25) is 0 Å². The van der Waals surface area contributed by atoms with Crippen molar-refractivity contribution in [2.75, 3.05) is 17.2 Å². The van der Waals surface area contributed by atoms with Gasteiger partial charge in [0.25, 0.3) is 0 Å². The Morgan fingerprint density at radius 1 is 1.20 bits per heavy atom. The zero-order valence-corrected chi connectivity index (χ0v) is 13.9. The number of halogens is 1. The molecule has 2 aromatic rings. The SMILES string of the molecule is O=C(Cc1ccccc1)Nc1cc(NC[C@@H]2CCC=CO2)ccc1F. The number of carbonyl (C=O) groups is 1. The number of amides is 1. The zero-order chi connectivity index (χ0) is 17.5. The summed E-state index contributed by atoms with van der Waals surface area (Å²) in [6.07, 6.45) is 5.97. The summed E-state index contributed by atoms with van der Waals surface area (Å²) < 4.78 is 19.5. The molecule has 0 fully saturated rings. The van der Waals surface area contributed by atoms with Gasteiger partial charge in [0.15, 0.2) is 0 Å². The summed E-state index contributed by atoms with van der Waals surface area (Å²) in [6, 6.07) is 14.0. The van der Waals surface area contributed by atoms with Gasteiger partial charge in [0.2, 0.25) is 5.91 Å². The van der Waals surface area contributed by atoms with Crippen molar-refractivity contribution >= 4 is 17.3 Å². The molecule has 0 radical (unpaired) electrons. The van der Waals surface area contributed by atoms with Gasteiger partial charge in [0.1, 0.15) is 11.9 Å². The van der Waals surface area contributed by atoms with Crippen LogP contribution in [0.3, 0.4) is 0 Å². The third-order valence-corrected chi connectivity index (χ3v) is 4.00. The molecule has 1 aliphatic rings. The van der Waals surface area contributed by atoms with Crippen molar-refractivity contribution in [3.8, 4) is 0 Å². The Morgan fingerprint density at radius 3 is 2.80 bits per heavy atom. The van der Waals surface area contributed by atoms with Gasteiger partial charge in [-0.25, -0.2) is 4.39 Å².